The lowest BCUT2D eigenvalue weighted by molar-refractivity contribution is -0.125. The molecule has 2 N–H and O–H groups in total. The molecule has 5 nitrogen and oxygen atoms in total. The lowest BCUT2D eigenvalue weighted by Gasteiger charge is -2.18. The van der Waals surface area contributed by atoms with Gasteiger partial charge in [0.05, 0.1) is 7.11 Å². The smallest absolute Gasteiger partial charge is 0.226 e. The summed E-state index contributed by atoms with van der Waals surface area (Å²) in [6.07, 6.45) is 1.37. The van der Waals surface area contributed by atoms with E-state index in [1.165, 1.54) is 5.56 Å². The fourth-order valence-corrected chi connectivity index (χ4v) is 2.12. The molecule has 0 spiro atoms. The van der Waals surface area contributed by atoms with E-state index in [9.17, 15) is 9.59 Å². The van der Waals surface area contributed by atoms with Gasteiger partial charge in [0.2, 0.25) is 12.3 Å². The largest absolute Gasteiger partial charge is 0.496 e. The minimum atomic E-state index is -0.258. The van der Waals surface area contributed by atoms with Crippen molar-refractivity contribution in [2.45, 2.75) is 45.6 Å². The Labute approximate surface area is 126 Å². The summed E-state index contributed by atoms with van der Waals surface area (Å²) in [5.74, 6) is 1.01. The monoisotopic (exact) mass is 292 g/mol. The molecule has 0 bridgehead atoms. The van der Waals surface area contributed by atoms with Crippen LogP contribution in [0.25, 0.3) is 0 Å². The van der Waals surface area contributed by atoms with Crippen molar-refractivity contribution >= 4 is 18.0 Å². The number of amides is 2. The summed E-state index contributed by atoms with van der Waals surface area (Å²) < 4.78 is 5.42. The topological polar surface area (TPSA) is 67.4 Å². The summed E-state index contributed by atoms with van der Waals surface area (Å²) in [5, 5.41) is 5.47. The third-order valence-corrected chi connectivity index (χ3v) is 3.29. The number of hydrogen-bond acceptors (Lipinski definition) is 4. The van der Waals surface area contributed by atoms with Crippen molar-refractivity contribution in [3.05, 3.63) is 23.8 Å². The summed E-state index contributed by atoms with van der Waals surface area (Å²) in [7, 11) is 1.66. The van der Waals surface area contributed by atoms with Crippen LogP contribution < -0.4 is 15.4 Å². The van der Waals surface area contributed by atoms with Crippen LogP contribution in [0.5, 0.6) is 5.75 Å². The molecule has 0 aliphatic rings. The molecule has 0 heterocycles. The van der Waals surface area contributed by atoms with Gasteiger partial charge in [-0.2, -0.15) is 0 Å². The van der Waals surface area contributed by atoms with Crippen molar-refractivity contribution in [1.82, 2.24) is 5.32 Å². The molecule has 0 radical (unpaired) electrons. The molecular weight excluding hydrogens is 268 g/mol. The van der Waals surface area contributed by atoms with E-state index in [0.717, 1.165) is 11.4 Å². The second kappa shape index (κ2) is 8.29. The van der Waals surface area contributed by atoms with Crippen LogP contribution in [-0.4, -0.2) is 25.5 Å². The molecule has 0 saturated carbocycles. The maximum absolute atomic E-state index is 11.2. The quantitative estimate of drug-likeness (QED) is 0.723. The fourth-order valence-electron chi connectivity index (χ4n) is 2.12. The molecule has 5 heteroatoms. The summed E-state index contributed by atoms with van der Waals surface area (Å²) in [6.45, 7) is 6.25. The standard InChI is InChI=1S/C16H24N2O3/c1-11(2)14-7-6-13(9-15(14)21-4)18-12(3)5-8-16(20)17-10-19/h6-7,9-12,18H,5,8H2,1-4H3,(H,17,19,20). The van der Waals surface area contributed by atoms with Gasteiger partial charge in [-0.15, -0.1) is 0 Å². The number of benzene rings is 1. The lowest BCUT2D eigenvalue weighted by Crippen LogP contribution is -2.24. The molecule has 1 aromatic rings. The molecule has 2 amide bonds. The molecule has 1 rings (SSSR count). The van der Waals surface area contributed by atoms with E-state index in [4.69, 9.17) is 4.74 Å². The highest BCUT2D eigenvalue weighted by Gasteiger charge is 2.10. The van der Waals surface area contributed by atoms with Gasteiger partial charge in [0.15, 0.2) is 0 Å². The van der Waals surface area contributed by atoms with Gasteiger partial charge in [-0.3, -0.25) is 14.9 Å². The van der Waals surface area contributed by atoms with E-state index in [1.54, 1.807) is 7.11 Å². The van der Waals surface area contributed by atoms with Gasteiger partial charge in [0, 0.05) is 24.2 Å². The second-order valence-electron chi connectivity index (χ2n) is 5.38. The van der Waals surface area contributed by atoms with Crippen LogP contribution in [0.15, 0.2) is 18.2 Å². The van der Waals surface area contributed by atoms with Crippen LogP contribution in [0.1, 0.15) is 45.1 Å². The summed E-state index contributed by atoms with van der Waals surface area (Å²) >= 11 is 0. The Morgan fingerprint density at radius 2 is 2.05 bits per heavy atom. The number of methoxy groups -OCH3 is 1. The van der Waals surface area contributed by atoms with Gasteiger partial charge in [-0.25, -0.2) is 0 Å². The van der Waals surface area contributed by atoms with Gasteiger partial charge in [0.1, 0.15) is 5.75 Å². The number of hydrogen-bond donors (Lipinski definition) is 2. The fraction of sp³-hybridized carbons (Fsp3) is 0.500. The number of rotatable bonds is 8. The first kappa shape index (κ1) is 17.0. The highest BCUT2D eigenvalue weighted by Crippen LogP contribution is 2.29. The number of imide groups is 1. The number of nitrogens with one attached hydrogen (secondary N) is 2. The summed E-state index contributed by atoms with van der Waals surface area (Å²) in [6, 6.07) is 6.16. The van der Waals surface area contributed by atoms with Crippen molar-refractivity contribution in [1.29, 1.82) is 0 Å². The Bertz CT molecular complexity index is 486. The van der Waals surface area contributed by atoms with Gasteiger partial charge >= 0.3 is 0 Å². The van der Waals surface area contributed by atoms with Crippen LogP contribution in [0, 0.1) is 0 Å². The predicted octanol–water partition coefficient (Wildman–Crippen LogP) is 2.67. The zero-order valence-corrected chi connectivity index (χ0v) is 13.1. The minimum Gasteiger partial charge on any atom is -0.496 e. The predicted molar refractivity (Wildman–Crippen MR) is 83.6 cm³/mol. The number of carbonyl (C=O) groups excluding carboxylic acids is 2. The number of anilines is 1. The zero-order chi connectivity index (χ0) is 15.8. The Hall–Kier alpha value is -2.04. The highest BCUT2D eigenvalue weighted by atomic mass is 16.5. The molecule has 1 aromatic carbocycles. The molecule has 0 saturated heterocycles. The Morgan fingerprint density at radius 1 is 1.33 bits per heavy atom. The van der Waals surface area contributed by atoms with E-state index in [1.807, 2.05) is 19.1 Å². The van der Waals surface area contributed by atoms with Crippen LogP contribution in [0.2, 0.25) is 0 Å². The molecule has 0 aromatic heterocycles. The van der Waals surface area contributed by atoms with Crippen LogP contribution in [0.4, 0.5) is 5.69 Å². The van der Waals surface area contributed by atoms with E-state index >= 15 is 0 Å². The van der Waals surface area contributed by atoms with Crippen molar-refractivity contribution < 1.29 is 14.3 Å². The van der Waals surface area contributed by atoms with Crippen LogP contribution in [0.3, 0.4) is 0 Å². The van der Waals surface area contributed by atoms with Gasteiger partial charge < -0.3 is 10.1 Å². The molecule has 0 fully saturated rings. The molecule has 0 aliphatic carbocycles. The Kier molecular flexibility index (Phi) is 6.72. The van der Waals surface area contributed by atoms with Crippen molar-refractivity contribution in [3.63, 3.8) is 0 Å². The molecular formula is C16H24N2O3. The normalized spacial score (nSPS) is 11.9. The van der Waals surface area contributed by atoms with Crippen molar-refractivity contribution in [2.24, 2.45) is 0 Å². The van der Waals surface area contributed by atoms with Crippen molar-refractivity contribution in [3.8, 4) is 5.75 Å². The summed E-state index contributed by atoms with van der Waals surface area (Å²) in [5.41, 5.74) is 2.13. The van der Waals surface area contributed by atoms with Crippen molar-refractivity contribution in [2.75, 3.05) is 12.4 Å². The van der Waals surface area contributed by atoms with Gasteiger partial charge in [-0.1, -0.05) is 19.9 Å². The third-order valence-electron chi connectivity index (χ3n) is 3.29. The van der Waals surface area contributed by atoms with Crippen LogP contribution in [-0.2, 0) is 9.59 Å². The number of carbonyl (C=O) groups is 2. The number of ether oxygens (including phenoxy) is 1. The van der Waals surface area contributed by atoms with Gasteiger partial charge in [0.25, 0.3) is 0 Å². The van der Waals surface area contributed by atoms with E-state index in [0.29, 0.717) is 25.2 Å². The summed E-state index contributed by atoms with van der Waals surface area (Å²) in [4.78, 5) is 21.4. The van der Waals surface area contributed by atoms with Crippen LogP contribution >= 0.6 is 0 Å². The molecule has 0 aliphatic heterocycles. The maximum atomic E-state index is 11.2. The Morgan fingerprint density at radius 3 is 2.62 bits per heavy atom. The van der Waals surface area contributed by atoms with E-state index < -0.39 is 0 Å². The first-order chi connectivity index (χ1) is 9.97. The van der Waals surface area contributed by atoms with E-state index in [2.05, 4.69) is 30.5 Å². The molecule has 21 heavy (non-hydrogen) atoms. The lowest BCUT2D eigenvalue weighted by atomic mass is 10.0. The average molecular weight is 292 g/mol. The maximum Gasteiger partial charge on any atom is 0.226 e. The van der Waals surface area contributed by atoms with E-state index in [-0.39, 0.29) is 11.9 Å². The molecule has 1 unspecified atom stereocenters. The SMILES string of the molecule is COc1cc(NC(C)CCC(=O)NC=O)ccc1C(C)C. The zero-order valence-electron chi connectivity index (χ0n) is 13.1. The average Bonchev–Trinajstić information content (AvgIpc) is 2.45. The first-order valence-electron chi connectivity index (χ1n) is 7.15. The second-order valence-corrected chi connectivity index (χ2v) is 5.38. The molecule has 1 atom stereocenters. The molecule has 116 valence electrons. The van der Waals surface area contributed by atoms with Gasteiger partial charge in [-0.05, 0) is 30.9 Å². The third kappa shape index (κ3) is 5.45. The first-order valence-corrected chi connectivity index (χ1v) is 7.15. The Balaban J connectivity index is 2.62. The minimum absolute atomic E-state index is 0.122. The highest BCUT2D eigenvalue weighted by molar-refractivity contribution is 5.85.